The summed E-state index contributed by atoms with van der Waals surface area (Å²) < 4.78 is 5.03. The van der Waals surface area contributed by atoms with E-state index in [1.807, 2.05) is 0 Å². The fourth-order valence-corrected chi connectivity index (χ4v) is 1.72. The van der Waals surface area contributed by atoms with Gasteiger partial charge in [0.25, 0.3) is 0 Å². The molecule has 8 nitrogen and oxygen atoms in total. The van der Waals surface area contributed by atoms with Gasteiger partial charge in [0.2, 0.25) is 11.8 Å². The lowest BCUT2D eigenvalue weighted by Gasteiger charge is -2.14. The molecule has 0 unspecified atom stereocenters. The largest absolute Gasteiger partial charge is 0.497 e. The summed E-state index contributed by atoms with van der Waals surface area (Å²) in [5, 5.41) is 13.5. The average Bonchev–Trinajstić information content (AvgIpc) is 2.52. The zero-order valence-corrected chi connectivity index (χ0v) is 13.0. The van der Waals surface area contributed by atoms with Crippen LogP contribution in [0.25, 0.3) is 0 Å². The molecule has 0 fully saturated rings. The number of carboxylic acid groups (broad SMARTS) is 1. The summed E-state index contributed by atoms with van der Waals surface area (Å²) in [7, 11) is 1.56. The number of ether oxygens (including phenoxy) is 1. The summed E-state index contributed by atoms with van der Waals surface area (Å²) in [6.45, 7) is 1.60. The minimum atomic E-state index is -1.16. The second-order valence-corrected chi connectivity index (χ2v) is 5.00. The van der Waals surface area contributed by atoms with E-state index in [1.165, 1.54) is 6.92 Å². The van der Waals surface area contributed by atoms with E-state index in [4.69, 9.17) is 15.6 Å². The van der Waals surface area contributed by atoms with Crippen molar-refractivity contribution in [3.8, 4) is 5.75 Å². The summed E-state index contributed by atoms with van der Waals surface area (Å²) in [5.41, 5.74) is 6.50. The van der Waals surface area contributed by atoms with Gasteiger partial charge in [-0.3, -0.25) is 14.4 Å². The van der Waals surface area contributed by atoms with Gasteiger partial charge >= 0.3 is 5.97 Å². The smallest absolute Gasteiger partial charge is 0.325 e. The van der Waals surface area contributed by atoms with Gasteiger partial charge in [-0.15, -0.1) is 0 Å². The predicted molar refractivity (Wildman–Crippen MR) is 82.7 cm³/mol. The first-order valence-corrected chi connectivity index (χ1v) is 7.02. The van der Waals surface area contributed by atoms with Crippen LogP contribution in [-0.4, -0.2) is 42.1 Å². The summed E-state index contributed by atoms with van der Waals surface area (Å²) in [4.78, 5) is 34.0. The molecule has 2 amide bonds. The van der Waals surface area contributed by atoms with E-state index in [0.717, 1.165) is 5.56 Å². The molecule has 5 N–H and O–H groups in total. The van der Waals surface area contributed by atoms with Gasteiger partial charge in [-0.05, 0) is 24.6 Å². The molecule has 126 valence electrons. The van der Waals surface area contributed by atoms with Crippen LogP contribution in [-0.2, 0) is 20.9 Å². The van der Waals surface area contributed by atoms with E-state index >= 15 is 0 Å². The van der Waals surface area contributed by atoms with Gasteiger partial charge in [0.15, 0.2) is 0 Å². The number of carbonyl (C=O) groups excluding carboxylic acids is 2. The lowest BCUT2D eigenvalue weighted by Crippen LogP contribution is -2.46. The van der Waals surface area contributed by atoms with Crippen molar-refractivity contribution in [3.05, 3.63) is 29.8 Å². The van der Waals surface area contributed by atoms with Crippen molar-refractivity contribution in [2.45, 2.75) is 32.0 Å². The van der Waals surface area contributed by atoms with Crippen LogP contribution in [0, 0.1) is 0 Å². The number of methoxy groups -OCH3 is 1. The molecule has 0 aliphatic carbocycles. The minimum absolute atomic E-state index is 0.268. The normalized spacial score (nSPS) is 12.8. The van der Waals surface area contributed by atoms with Gasteiger partial charge in [0.05, 0.1) is 19.6 Å². The van der Waals surface area contributed by atoms with Crippen LogP contribution in [0.4, 0.5) is 0 Å². The van der Waals surface area contributed by atoms with Gasteiger partial charge in [-0.2, -0.15) is 0 Å². The highest BCUT2D eigenvalue weighted by Crippen LogP contribution is 2.10. The lowest BCUT2D eigenvalue weighted by atomic mass is 10.1. The molecule has 0 aromatic heterocycles. The number of nitrogens with two attached hydrogens (primary N) is 1. The van der Waals surface area contributed by atoms with Crippen LogP contribution < -0.4 is 21.1 Å². The van der Waals surface area contributed by atoms with Gasteiger partial charge in [0, 0.05) is 6.54 Å². The van der Waals surface area contributed by atoms with Crippen LogP contribution in [0.15, 0.2) is 24.3 Å². The van der Waals surface area contributed by atoms with E-state index in [0.29, 0.717) is 5.75 Å². The summed E-state index contributed by atoms with van der Waals surface area (Å²) in [6.07, 6.45) is -0.286. The Bertz CT molecular complexity index is 559. The van der Waals surface area contributed by atoms with Gasteiger partial charge < -0.3 is 26.2 Å². The van der Waals surface area contributed by atoms with Crippen molar-refractivity contribution in [2.24, 2.45) is 5.73 Å². The fraction of sp³-hybridized carbons (Fsp3) is 0.400. The third kappa shape index (κ3) is 6.35. The van der Waals surface area contributed by atoms with Crippen molar-refractivity contribution in [3.63, 3.8) is 0 Å². The van der Waals surface area contributed by atoms with Crippen LogP contribution in [0.5, 0.6) is 5.75 Å². The Morgan fingerprint density at radius 1 is 1.26 bits per heavy atom. The number of carbonyl (C=O) groups is 3. The zero-order valence-electron chi connectivity index (χ0n) is 13.0. The standard InChI is InChI=1S/C15H21N3O5/c1-9(15(21)22)18-13(19)7-12(16)14(20)17-8-10-3-5-11(23-2)6-4-10/h3-6,9,12H,7-8,16H2,1-2H3,(H,17,20)(H,18,19)(H,21,22)/t9-,12-/m0/s1. The Morgan fingerprint density at radius 2 is 1.87 bits per heavy atom. The highest BCUT2D eigenvalue weighted by molar-refractivity contribution is 5.89. The second-order valence-electron chi connectivity index (χ2n) is 5.00. The molecule has 0 spiro atoms. The Hall–Kier alpha value is -2.61. The van der Waals surface area contributed by atoms with Crippen molar-refractivity contribution in [2.75, 3.05) is 7.11 Å². The number of hydrogen-bond donors (Lipinski definition) is 4. The first-order valence-electron chi connectivity index (χ1n) is 7.02. The van der Waals surface area contributed by atoms with Crippen molar-refractivity contribution >= 4 is 17.8 Å². The fourth-order valence-electron chi connectivity index (χ4n) is 1.72. The zero-order chi connectivity index (χ0) is 17.4. The number of carboxylic acids is 1. The van der Waals surface area contributed by atoms with Gasteiger partial charge in [-0.1, -0.05) is 12.1 Å². The Morgan fingerprint density at radius 3 is 2.39 bits per heavy atom. The Kier molecular flexibility index (Phi) is 7.01. The SMILES string of the molecule is COc1ccc(CNC(=O)[C@@H](N)CC(=O)N[C@@H](C)C(=O)O)cc1. The third-order valence-electron chi connectivity index (χ3n) is 3.12. The molecule has 0 heterocycles. The van der Waals surface area contributed by atoms with E-state index in [9.17, 15) is 14.4 Å². The molecule has 1 aromatic carbocycles. The van der Waals surface area contributed by atoms with E-state index in [2.05, 4.69) is 10.6 Å². The quantitative estimate of drug-likeness (QED) is 0.516. The number of benzene rings is 1. The van der Waals surface area contributed by atoms with Crippen LogP contribution >= 0.6 is 0 Å². The molecule has 8 heteroatoms. The number of amides is 2. The molecule has 1 rings (SSSR count). The van der Waals surface area contributed by atoms with Crippen molar-refractivity contribution in [1.82, 2.24) is 10.6 Å². The summed E-state index contributed by atoms with van der Waals surface area (Å²) in [6, 6.07) is 5.05. The third-order valence-corrected chi connectivity index (χ3v) is 3.12. The van der Waals surface area contributed by atoms with Crippen molar-refractivity contribution in [1.29, 1.82) is 0 Å². The maximum atomic E-state index is 11.8. The Labute approximate surface area is 134 Å². The number of hydrogen-bond acceptors (Lipinski definition) is 5. The van der Waals surface area contributed by atoms with Crippen LogP contribution in [0.2, 0.25) is 0 Å². The average molecular weight is 323 g/mol. The van der Waals surface area contributed by atoms with Gasteiger partial charge in [0.1, 0.15) is 11.8 Å². The molecule has 0 bridgehead atoms. The maximum absolute atomic E-state index is 11.8. The molecular formula is C15H21N3O5. The monoisotopic (exact) mass is 323 g/mol. The maximum Gasteiger partial charge on any atom is 0.325 e. The van der Waals surface area contributed by atoms with E-state index in [1.54, 1.807) is 31.4 Å². The van der Waals surface area contributed by atoms with Crippen LogP contribution in [0.1, 0.15) is 18.9 Å². The number of aliphatic carboxylic acids is 1. The molecule has 23 heavy (non-hydrogen) atoms. The molecule has 2 atom stereocenters. The number of nitrogens with one attached hydrogen (secondary N) is 2. The summed E-state index contributed by atoms with van der Waals surface area (Å²) in [5.74, 6) is -1.53. The minimum Gasteiger partial charge on any atom is -0.497 e. The van der Waals surface area contributed by atoms with Crippen molar-refractivity contribution < 1.29 is 24.2 Å². The first-order chi connectivity index (χ1) is 10.8. The molecule has 0 saturated carbocycles. The molecule has 0 aliphatic heterocycles. The predicted octanol–water partition coefficient (Wildman–Crippen LogP) is -0.382. The van der Waals surface area contributed by atoms with Crippen LogP contribution in [0.3, 0.4) is 0 Å². The highest BCUT2D eigenvalue weighted by Gasteiger charge is 2.20. The summed E-state index contributed by atoms with van der Waals surface area (Å²) >= 11 is 0. The highest BCUT2D eigenvalue weighted by atomic mass is 16.5. The molecule has 0 radical (unpaired) electrons. The first kappa shape index (κ1) is 18.4. The topological polar surface area (TPSA) is 131 Å². The molecule has 0 saturated heterocycles. The Balaban J connectivity index is 2.41. The van der Waals surface area contributed by atoms with Gasteiger partial charge in [-0.25, -0.2) is 0 Å². The van der Waals surface area contributed by atoms with E-state index < -0.39 is 29.9 Å². The molecular weight excluding hydrogens is 302 g/mol. The lowest BCUT2D eigenvalue weighted by molar-refractivity contribution is -0.141. The molecule has 0 aliphatic rings. The molecule has 1 aromatic rings. The van der Waals surface area contributed by atoms with E-state index in [-0.39, 0.29) is 13.0 Å². The second kappa shape index (κ2) is 8.74. The number of rotatable bonds is 8.